The van der Waals surface area contributed by atoms with E-state index in [2.05, 4.69) is 10.6 Å². The molecule has 0 aromatic heterocycles. The third kappa shape index (κ3) is 5.33. The van der Waals surface area contributed by atoms with Crippen LogP contribution in [0.25, 0.3) is 11.1 Å². The second kappa shape index (κ2) is 10.8. The molecule has 0 spiro atoms. The van der Waals surface area contributed by atoms with E-state index in [1.54, 1.807) is 30.3 Å². The number of ether oxygens (including phenoxy) is 2. The molecule has 2 atom stereocenters. The van der Waals surface area contributed by atoms with Gasteiger partial charge in [0, 0.05) is 13.0 Å². The van der Waals surface area contributed by atoms with Crippen LogP contribution in [0.4, 0.5) is 4.79 Å². The number of fused-ring (bicyclic) bond motifs is 3. The predicted octanol–water partition coefficient (Wildman–Crippen LogP) is 3.48. The van der Waals surface area contributed by atoms with Gasteiger partial charge >= 0.3 is 12.1 Å². The Kier molecular flexibility index (Phi) is 7.42. The molecule has 8 nitrogen and oxygen atoms in total. The number of methoxy groups -OCH3 is 1. The molecule has 0 heterocycles. The minimum absolute atomic E-state index is 0.0877. The molecule has 0 radical (unpaired) electrons. The molecule has 1 unspecified atom stereocenters. The van der Waals surface area contributed by atoms with Crippen LogP contribution in [0.3, 0.4) is 0 Å². The lowest BCUT2D eigenvalue weighted by atomic mass is 9.98. The molecule has 35 heavy (non-hydrogen) atoms. The third-order valence-corrected chi connectivity index (χ3v) is 5.95. The summed E-state index contributed by atoms with van der Waals surface area (Å²) in [5.74, 6) is -2.06. The second-order valence-corrected chi connectivity index (χ2v) is 8.17. The monoisotopic (exact) mass is 474 g/mol. The lowest BCUT2D eigenvalue weighted by Gasteiger charge is -2.22. The number of aliphatic carboxylic acids is 1. The van der Waals surface area contributed by atoms with Crippen molar-refractivity contribution in [3.8, 4) is 11.1 Å². The predicted molar refractivity (Wildman–Crippen MR) is 129 cm³/mol. The van der Waals surface area contributed by atoms with E-state index in [0.29, 0.717) is 5.56 Å². The zero-order valence-corrected chi connectivity index (χ0v) is 19.1. The molecular formula is C27H26N2O6. The Balaban J connectivity index is 1.48. The molecule has 8 heteroatoms. The summed E-state index contributed by atoms with van der Waals surface area (Å²) in [5.41, 5.74) is 4.85. The summed E-state index contributed by atoms with van der Waals surface area (Å²) in [5, 5.41) is 14.3. The summed E-state index contributed by atoms with van der Waals surface area (Å²) in [6, 6.07) is 22.1. The van der Waals surface area contributed by atoms with Crippen LogP contribution in [0.1, 0.15) is 28.7 Å². The maximum absolute atomic E-state index is 13.0. The highest BCUT2D eigenvalue weighted by atomic mass is 16.5. The van der Waals surface area contributed by atoms with Crippen LogP contribution in [-0.2, 0) is 19.1 Å². The molecule has 4 rings (SSSR count). The van der Waals surface area contributed by atoms with Crippen molar-refractivity contribution in [2.75, 3.05) is 20.3 Å². The highest BCUT2D eigenvalue weighted by molar-refractivity contribution is 5.90. The van der Waals surface area contributed by atoms with E-state index in [9.17, 15) is 19.5 Å². The summed E-state index contributed by atoms with van der Waals surface area (Å²) in [7, 11) is 1.34. The van der Waals surface area contributed by atoms with Gasteiger partial charge in [-0.3, -0.25) is 4.79 Å². The molecule has 3 N–H and O–H groups in total. The Labute approximate surface area is 202 Å². The molecule has 2 amide bonds. The number of hydrogen-bond donors (Lipinski definition) is 3. The summed E-state index contributed by atoms with van der Waals surface area (Å²) >= 11 is 0. The molecule has 0 saturated heterocycles. The van der Waals surface area contributed by atoms with Gasteiger partial charge < -0.3 is 25.2 Å². The van der Waals surface area contributed by atoms with E-state index in [1.807, 2.05) is 48.5 Å². The summed E-state index contributed by atoms with van der Waals surface area (Å²) in [6.45, 7) is -0.127. The first kappa shape index (κ1) is 24.0. The van der Waals surface area contributed by atoms with Gasteiger partial charge in [-0.05, 0) is 27.8 Å². The fourth-order valence-corrected chi connectivity index (χ4v) is 4.30. The SMILES string of the molecule is COCC(NC(=O)[C@H](NC(=O)OCC1c2ccccc2-c2ccccc21)c1ccccc1)C(=O)O. The Bertz CT molecular complexity index is 1170. The fraction of sp³-hybridized carbons (Fsp3) is 0.222. The lowest BCUT2D eigenvalue weighted by Crippen LogP contribution is -2.49. The van der Waals surface area contributed by atoms with E-state index in [1.165, 1.54) is 7.11 Å². The minimum atomic E-state index is -1.26. The van der Waals surface area contributed by atoms with Crippen molar-refractivity contribution in [3.63, 3.8) is 0 Å². The van der Waals surface area contributed by atoms with Crippen molar-refractivity contribution in [1.29, 1.82) is 0 Å². The lowest BCUT2D eigenvalue weighted by molar-refractivity contribution is -0.143. The fourth-order valence-electron chi connectivity index (χ4n) is 4.30. The Morgan fingerprint density at radius 1 is 0.857 bits per heavy atom. The standard InChI is InChI=1S/C27H26N2O6/c1-34-16-23(26(31)32)28-25(30)24(17-9-3-2-4-10-17)29-27(33)35-15-22-20-13-7-5-11-18(20)19-12-6-8-14-21(19)22/h2-14,22-24H,15-16H2,1H3,(H,28,30)(H,29,33)(H,31,32)/t23?,24-/m1/s1. The summed E-state index contributed by atoms with van der Waals surface area (Å²) in [6.07, 6.45) is -0.783. The van der Waals surface area contributed by atoms with Gasteiger partial charge in [-0.1, -0.05) is 78.9 Å². The number of benzene rings is 3. The van der Waals surface area contributed by atoms with E-state index in [-0.39, 0.29) is 19.1 Å². The van der Waals surface area contributed by atoms with Crippen LogP contribution in [0.15, 0.2) is 78.9 Å². The highest BCUT2D eigenvalue weighted by Gasteiger charge is 2.31. The topological polar surface area (TPSA) is 114 Å². The zero-order chi connectivity index (χ0) is 24.8. The second-order valence-electron chi connectivity index (χ2n) is 8.17. The Morgan fingerprint density at radius 2 is 1.43 bits per heavy atom. The molecule has 0 bridgehead atoms. The molecule has 0 fully saturated rings. The van der Waals surface area contributed by atoms with Gasteiger partial charge in [0.15, 0.2) is 6.04 Å². The summed E-state index contributed by atoms with van der Waals surface area (Å²) in [4.78, 5) is 37.2. The zero-order valence-electron chi connectivity index (χ0n) is 19.1. The number of amides is 2. The van der Waals surface area contributed by atoms with Crippen LogP contribution in [-0.4, -0.2) is 49.4 Å². The van der Waals surface area contributed by atoms with Gasteiger partial charge in [0.05, 0.1) is 6.61 Å². The third-order valence-electron chi connectivity index (χ3n) is 5.95. The van der Waals surface area contributed by atoms with Gasteiger partial charge in [0.25, 0.3) is 0 Å². The minimum Gasteiger partial charge on any atom is -0.480 e. The van der Waals surface area contributed by atoms with Crippen molar-refractivity contribution in [3.05, 3.63) is 95.6 Å². The Hall–Kier alpha value is -4.17. The van der Waals surface area contributed by atoms with Gasteiger partial charge in [0.1, 0.15) is 12.6 Å². The van der Waals surface area contributed by atoms with Gasteiger partial charge in [-0.2, -0.15) is 0 Å². The first-order valence-corrected chi connectivity index (χ1v) is 11.2. The summed E-state index contributed by atoms with van der Waals surface area (Å²) < 4.78 is 10.4. The quantitative estimate of drug-likeness (QED) is 0.438. The molecule has 1 aliphatic rings. The smallest absolute Gasteiger partial charge is 0.408 e. The normalized spacial score (nSPS) is 13.7. The molecular weight excluding hydrogens is 448 g/mol. The van der Waals surface area contributed by atoms with Gasteiger partial charge in [0.2, 0.25) is 5.91 Å². The molecule has 3 aromatic carbocycles. The maximum atomic E-state index is 13.0. The van der Waals surface area contributed by atoms with E-state index in [0.717, 1.165) is 22.3 Å². The molecule has 0 saturated carbocycles. The van der Waals surface area contributed by atoms with Crippen LogP contribution in [0, 0.1) is 0 Å². The van der Waals surface area contributed by atoms with Gasteiger partial charge in [-0.15, -0.1) is 0 Å². The largest absolute Gasteiger partial charge is 0.480 e. The van der Waals surface area contributed by atoms with E-state index < -0.39 is 30.1 Å². The molecule has 180 valence electrons. The van der Waals surface area contributed by atoms with Crippen molar-refractivity contribution < 1.29 is 29.0 Å². The average Bonchev–Trinajstić information content (AvgIpc) is 3.20. The van der Waals surface area contributed by atoms with Crippen molar-refractivity contribution in [1.82, 2.24) is 10.6 Å². The van der Waals surface area contributed by atoms with Gasteiger partial charge in [-0.25, -0.2) is 9.59 Å². The number of carboxylic acid groups (broad SMARTS) is 1. The van der Waals surface area contributed by atoms with Crippen LogP contribution >= 0.6 is 0 Å². The Morgan fingerprint density at radius 3 is 2.00 bits per heavy atom. The molecule has 3 aromatic rings. The molecule has 0 aliphatic heterocycles. The number of rotatable bonds is 9. The van der Waals surface area contributed by atoms with Crippen LogP contribution in [0.2, 0.25) is 0 Å². The number of alkyl carbamates (subject to hydrolysis) is 1. The van der Waals surface area contributed by atoms with Crippen molar-refractivity contribution in [2.24, 2.45) is 0 Å². The molecule has 1 aliphatic carbocycles. The number of hydrogen-bond acceptors (Lipinski definition) is 5. The van der Waals surface area contributed by atoms with E-state index in [4.69, 9.17) is 9.47 Å². The van der Waals surface area contributed by atoms with E-state index >= 15 is 0 Å². The first-order chi connectivity index (χ1) is 17.0. The number of carbonyl (C=O) groups is 3. The highest BCUT2D eigenvalue weighted by Crippen LogP contribution is 2.44. The van der Waals surface area contributed by atoms with Crippen molar-refractivity contribution >= 4 is 18.0 Å². The average molecular weight is 475 g/mol. The first-order valence-electron chi connectivity index (χ1n) is 11.2. The van der Waals surface area contributed by atoms with Crippen LogP contribution in [0.5, 0.6) is 0 Å². The van der Waals surface area contributed by atoms with Crippen LogP contribution < -0.4 is 10.6 Å². The van der Waals surface area contributed by atoms with Crippen molar-refractivity contribution in [2.45, 2.75) is 18.0 Å². The number of nitrogens with one attached hydrogen (secondary N) is 2. The number of carboxylic acids is 1. The maximum Gasteiger partial charge on any atom is 0.408 e. The number of carbonyl (C=O) groups excluding carboxylic acids is 2.